The molecule has 0 amide bonds. The van der Waals surface area contributed by atoms with Crippen LogP contribution in [-0.2, 0) is 4.74 Å². The maximum atomic E-state index is 12.5. The first kappa shape index (κ1) is 19.9. The van der Waals surface area contributed by atoms with Crippen LogP contribution in [0.5, 0.6) is 11.5 Å². The molecule has 0 aliphatic heterocycles. The summed E-state index contributed by atoms with van der Waals surface area (Å²) >= 11 is 7.10. The summed E-state index contributed by atoms with van der Waals surface area (Å²) in [7, 11) is 1.42. The summed E-state index contributed by atoms with van der Waals surface area (Å²) in [6.07, 6.45) is 3.27. The number of esters is 1. The molecule has 2 aromatic heterocycles. The molecule has 0 radical (unpaired) electrons. The fraction of sp³-hybridized carbons (Fsp3) is 0.211. The highest BCUT2D eigenvalue weighted by atomic mass is 35.5. The van der Waals surface area contributed by atoms with Gasteiger partial charge in [0.05, 0.1) is 24.1 Å². The van der Waals surface area contributed by atoms with Crippen molar-refractivity contribution in [2.24, 2.45) is 0 Å². The molecule has 0 saturated carbocycles. The van der Waals surface area contributed by atoms with Crippen LogP contribution in [0.3, 0.4) is 0 Å². The number of carbonyl (C=O) groups is 1. The van der Waals surface area contributed by atoms with Crippen LogP contribution < -0.4 is 10.3 Å². The largest absolute Gasteiger partial charge is 0.503 e. The number of fused-ring (bicyclic) bond motifs is 1. The van der Waals surface area contributed by atoms with Crippen molar-refractivity contribution in [3.8, 4) is 11.5 Å². The minimum atomic E-state index is -0.467. The standard InChI is InChI=1S/C19H17ClN2O5S/c1-4-27-19(25)16-9(2)14-17(24)21-13(22-18(14)28-16)6-5-10-7-11(20)15(23)12(8-10)26-3/h5-8,23H,4H2,1-3H3,(H,21,22,24)/b6-5+. The van der Waals surface area contributed by atoms with Crippen LogP contribution in [0.2, 0.25) is 5.02 Å². The Morgan fingerprint density at radius 3 is 2.82 bits per heavy atom. The second-order valence-electron chi connectivity index (χ2n) is 5.79. The van der Waals surface area contributed by atoms with E-state index in [1.165, 1.54) is 7.11 Å². The van der Waals surface area contributed by atoms with Crippen molar-refractivity contribution in [2.45, 2.75) is 13.8 Å². The Bertz CT molecular complexity index is 1150. The highest BCUT2D eigenvalue weighted by Gasteiger charge is 2.19. The number of H-pyrrole nitrogens is 1. The summed E-state index contributed by atoms with van der Waals surface area (Å²) in [4.78, 5) is 32.4. The maximum absolute atomic E-state index is 12.5. The molecule has 0 atom stereocenters. The van der Waals surface area contributed by atoms with Crippen LogP contribution in [-0.4, -0.2) is 34.8 Å². The van der Waals surface area contributed by atoms with Crippen molar-refractivity contribution in [3.63, 3.8) is 0 Å². The summed E-state index contributed by atoms with van der Waals surface area (Å²) < 4.78 is 10.1. The third-order valence-corrected chi connectivity index (χ3v) is 5.44. The van der Waals surface area contributed by atoms with Gasteiger partial charge in [0.1, 0.15) is 15.5 Å². The lowest BCUT2D eigenvalue weighted by atomic mass is 10.2. The number of benzene rings is 1. The molecular weight excluding hydrogens is 404 g/mol. The number of nitrogens with zero attached hydrogens (tertiary/aromatic N) is 1. The van der Waals surface area contributed by atoms with E-state index in [-0.39, 0.29) is 28.7 Å². The smallest absolute Gasteiger partial charge is 0.348 e. The normalized spacial score (nSPS) is 11.3. The lowest BCUT2D eigenvalue weighted by Crippen LogP contribution is -2.10. The number of halogens is 1. The second-order valence-corrected chi connectivity index (χ2v) is 7.20. The second kappa shape index (κ2) is 8.04. The van der Waals surface area contributed by atoms with Crippen LogP contribution in [0.4, 0.5) is 0 Å². The van der Waals surface area contributed by atoms with Gasteiger partial charge >= 0.3 is 5.97 Å². The van der Waals surface area contributed by atoms with Gasteiger partial charge in [0.15, 0.2) is 11.5 Å². The number of aryl methyl sites for hydroxylation is 1. The molecule has 2 heterocycles. The van der Waals surface area contributed by atoms with Gasteiger partial charge in [0.2, 0.25) is 0 Å². The Balaban J connectivity index is 2.01. The van der Waals surface area contributed by atoms with E-state index >= 15 is 0 Å². The number of hydrogen-bond acceptors (Lipinski definition) is 7. The van der Waals surface area contributed by atoms with Crippen LogP contribution in [0.25, 0.3) is 22.4 Å². The molecule has 0 unspecified atom stereocenters. The molecule has 28 heavy (non-hydrogen) atoms. The first-order valence-electron chi connectivity index (χ1n) is 8.30. The van der Waals surface area contributed by atoms with E-state index in [0.717, 1.165) is 11.3 Å². The number of ether oxygens (including phenoxy) is 2. The number of carbonyl (C=O) groups excluding carboxylic acids is 1. The van der Waals surface area contributed by atoms with Gasteiger partial charge in [-0.1, -0.05) is 17.7 Å². The number of aromatic nitrogens is 2. The predicted octanol–water partition coefficient (Wildman–Crippen LogP) is 4.01. The summed E-state index contributed by atoms with van der Waals surface area (Å²) in [5.41, 5.74) is 0.866. The quantitative estimate of drug-likeness (QED) is 0.605. The molecule has 2 N–H and O–H groups in total. The molecule has 0 spiro atoms. The lowest BCUT2D eigenvalue weighted by molar-refractivity contribution is 0.0531. The fourth-order valence-electron chi connectivity index (χ4n) is 2.65. The van der Waals surface area contributed by atoms with E-state index in [2.05, 4.69) is 9.97 Å². The Morgan fingerprint density at radius 2 is 2.14 bits per heavy atom. The Labute approximate surface area is 169 Å². The van der Waals surface area contributed by atoms with E-state index in [0.29, 0.717) is 32.0 Å². The fourth-order valence-corrected chi connectivity index (χ4v) is 3.95. The van der Waals surface area contributed by atoms with Gasteiger partial charge in [-0.3, -0.25) is 4.79 Å². The van der Waals surface area contributed by atoms with Crippen LogP contribution in [0.1, 0.15) is 33.5 Å². The molecule has 146 valence electrons. The Morgan fingerprint density at radius 1 is 1.39 bits per heavy atom. The summed E-state index contributed by atoms with van der Waals surface area (Å²) in [6.45, 7) is 3.67. The molecule has 0 fully saturated rings. The number of aromatic hydroxyl groups is 1. The van der Waals surface area contributed by atoms with Gasteiger partial charge in [0.25, 0.3) is 5.56 Å². The SMILES string of the molecule is CCOC(=O)c1sc2nc(/C=C/c3cc(Cl)c(O)c(OC)c3)[nH]c(=O)c2c1C. The molecule has 0 aliphatic carbocycles. The molecule has 3 rings (SSSR count). The monoisotopic (exact) mass is 420 g/mol. The zero-order chi connectivity index (χ0) is 20.4. The third-order valence-electron chi connectivity index (χ3n) is 3.98. The zero-order valence-corrected chi connectivity index (χ0v) is 16.9. The number of nitrogens with one attached hydrogen (secondary N) is 1. The molecule has 7 nitrogen and oxygen atoms in total. The van der Waals surface area contributed by atoms with Gasteiger partial charge < -0.3 is 19.6 Å². The topological polar surface area (TPSA) is 102 Å². The number of methoxy groups -OCH3 is 1. The number of rotatable bonds is 5. The van der Waals surface area contributed by atoms with Crippen molar-refractivity contribution in [1.82, 2.24) is 9.97 Å². The highest BCUT2D eigenvalue weighted by Crippen LogP contribution is 2.35. The average Bonchev–Trinajstić information content (AvgIpc) is 3.00. The minimum absolute atomic E-state index is 0.142. The van der Waals surface area contributed by atoms with Gasteiger partial charge in [-0.05, 0) is 43.2 Å². The van der Waals surface area contributed by atoms with Crippen molar-refractivity contribution in [3.05, 3.63) is 49.3 Å². The zero-order valence-electron chi connectivity index (χ0n) is 15.3. The van der Waals surface area contributed by atoms with Crippen LogP contribution >= 0.6 is 22.9 Å². The predicted molar refractivity (Wildman–Crippen MR) is 110 cm³/mol. The Kier molecular flexibility index (Phi) is 5.71. The summed E-state index contributed by atoms with van der Waals surface area (Å²) in [6, 6.07) is 3.16. The molecule has 9 heteroatoms. The number of phenols is 1. The van der Waals surface area contributed by atoms with E-state index in [4.69, 9.17) is 21.1 Å². The number of hydrogen-bond donors (Lipinski definition) is 2. The number of phenolic OH excluding ortho intramolecular Hbond substituents is 1. The minimum Gasteiger partial charge on any atom is -0.503 e. The molecule has 0 saturated heterocycles. The van der Waals surface area contributed by atoms with Crippen LogP contribution in [0.15, 0.2) is 16.9 Å². The van der Waals surface area contributed by atoms with E-state index in [9.17, 15) is 14.7 Å². The first-order valence-corrected chi connectivity index (χ1v) is 9.50. The highest BCUT2D eigenvalue weighted by molar-refractivity contribution is 7.20. The number of thiophene rings is 1. The van der Waals surface area contributed by atoms with E-state index < -0.39 is 5.97 Å². The lowest BCUT2D eigenvalue weighted by Gasteiger charge is -2.06. The molecule has 1 aromatic carbocycles. The van der Waals surface area contributed by atoms with E-state index in [1.54, 1.807) is 38.1 Å². The van der Waals surface area contributed by atoms with E-state index in [1.807, 2.05) is 0 Å². The first-order chi connectivity index (χ1) is 13.3. The van der Waals surface area contributed by atoms with Gasteiger partial charge in [-0.2, -0.15) is 0 Å². The summed E-state index contributed by atoms with van der Waals surface area (Å²) in [5, 5.41) is 10.3. The molecular formula is C19H17ClN2O5S. The van der Waals surface area contributed by atoms with Crippen molar-refractivity contribution < 1.29 is 19.4 Å². The average molecular weight is 421 g/mol. The van der Waals surface area contributed by atoms with Gasteiger partial charge in [0, 0.05) is 0 Å². The van der Waals surface area contributed by atoms with Gasteiger partial charge in [-0.15, -0.1) is 11.3 Å². The van der Waals surface area contributed by atoms with Crippen LogP contribution in [0, 0.1) is 6.92 Å². The summed E-state index contributed by atoms with van der Waals surface area (Å²) in [5.74, 6) is -0.0607. The molecule has 3 aromatic rings. The molecule has 0 aliphatic rings. The number of aromatic amines is 1. The van der Waals surface area contributed by atoms with Crippen molar-refractivity contribution in [1.29, 1.82) is 0 Å². The van der Waals surface area contributed by atoms with Crippen molar-refractivity contribution >= 4 is 51.3 Å². The van der Waals surface area contributed by atoms with Crippen molar-refractivity contribution in [2.75, 3.05) is 13.7 Å². The maximum Gasteiger partial charge on any atom is 0.348 e. The Hall–Kier alpha value is -2.84. The third kappa shape index (κ3) is 3.74. The van der Waals surface area contributed by atoms with Gasteiger partial charge in [-0.25, -0.2) is 9.78 Å². The molecule has 0 bridgehead atoms.